The third-order valence-corrected chi connectivity index (χ3v) is 5.71. The molecule has 0 N–H and O–H groups in total. The number of carbonyl (C=O) groups excluding carboxylic acids is 2. The van der Waals surface area contributed by atoms with E-state index in [1.165, 1.54) is 0 Å². The fourth-order valence-corrected chi connectivity index (χ4v) is 2.56. The second-order valence-corrected chi connectivity index (χ2v) is 8.12. The summed E-state index contributed by atoms with van der Waals surface area (Å²) in [7, 11) is 0. The van der Waals surface area contributed by atoms with Gasteiger partial charge in [-0.25, -0.2) is 0 Å². The van der Waals surface area contributed by atoms with Crippen molar-refractivity contribution in [1.82, 2.24) is 4.90 Å². The van der Waals surface area contributed by atoms with Gasteiger partial charge >= 0.3 is 5.97 Å². The van der Waals surface area contributed by atoms with Crippen molar-refractivity contribution in [1.29, 1.82) is 0 Å². The largest absolute Gasteiger partial charge is 0.463 e. The van der Waals surface area contributed by atoms with Gasteiger partial charge in [-0.05, 0) is 31.1 Å². The SMILES string of the molecule is CC(C)(C)C(C)(C)C(C)(C)C(=O)OCCN1CCCC1=O. The maximum absolute atomic E-state index is 12.5. The van der Waals surface area contributed by atoms with E-state index >= 15 is 0 Å². The molecule has 1 amide bonds. The van der Waals surface area contributed by atoms with Gasteiger partial charge in [-0.15, -0.1) is 0 Å². The second kappa shape index (κ2) is 5.98. The standard InChI is InChI=1S/C17H31NO3/c1-15(2,3)17(6,7)16(4,5)14(20)21-12-11-18-10-8-9-13(18)19/h8-12H2,1-7H3. The van der Waals surface area contributed by atoms with E-state index in [9.17, 15) is 9.59 Å². The van der Waals surface area contributed by atoms with Crippen LogP contribution in [0.3, 0.4) is 0 Å². The monoisotopic (exact) mass is 297 g/mol. The zero-order valence-electron chi connectivity index (χ0n) is 14.7. The van der Waals surface area contributed by atoms with Crippen molar-refractivity contribution in [2.45, 2.75) is 61.3 Å². The third-order valence-electron chi connectivity index (χ3n) is 5.71. The van der Waals surface area contributed by atoms with E-state index in [-0.39, 0.29) is 29.3 Å². The van der Waals surface area contributed by atoms with Gasteiger partial charge in [0, 0.05) is 13.0 Å². The summed E-state index contributed by atoms with van der Waals surface area (Å²) in [5.41, 5.74) is -0.804. The highest BCUT2D eigenvalue weighted by atomic mass is 16.5. The summed E-state index contributed by atoms with van der Waals surface area (Å²) in [5.74, 6) is -0.0191. The molecule has 0 spiro atoms. The summed E-state index contributed by atoms with van der Waals surface area (Å²) < 4.78 is 5.47. The molecule has 4 nitrogen and oxygen atoms in total. The zero-order valence-corrected chi connectivity index (χ0v) is 14.7. The van der Waals surface area contributed by atoms with Crippen LogP contribution in [0, 0.1) is 16.2 Å². The Bertz CT molecular complexity index is 405. The van der Waals surface area contributed by atoms with E-state index < -0.39 is 5.41 Å². The van der Waals surface area contributed by atoms with Crippen LogP contribution in [0.5, 0.6) is 0 Å². The van der Waals surface area contributed by atoms with Gasteiger partial charge in [-0.2, -0.15) is 0 Å². The van der Waals surface area contributed by atoms with Crippen molar-refractivity contribution in [2.24, 2.45) is 16.2 Å². The summed E-state index contributed by atoms with van der Waals surface area (Å²) >= 11 is 0. The van der Waals surface area contributed by atoms with E-state index in [2.05, 4.69) is 34.6 Å². The van der Waals surface area contributed by atoms with Crippen LogP contribution in [-0.2, 0) is 14.3 Å². The van der Waals surface area contributed by atoms with Gasteiger partial charge in [0.25, 0.3) is 0 Å². The Morgan fingerprint density at radius 3 is 2.14 bits per heavy atom. The van der Waals surface area contributed by atoms with Gasteiger partial charge in [0.05, 0.1) is 12.0 Å². The predicted octanol–water partition coefficient (Wildman–Crippen LogP) is 3.25. The molecule has 0 aromatic rings. The first-order chi connectivity index (χ1) is 9.41. The van der Waals surface area contributed by atoms with E-state index in [0.29, 0.717) is 13.0 Å². The van der Waals surface area contributed by atoms with Crippen molar-refractivity contribution in [3.05, 3.63) is 0 Å². The van der Waals surface area contributed by atoms with Crippen molar-refractivity contribution in [3.8, 4) is 0 Å². The molecule has 4 heteroatoms. The first-order valence-corrected chi connectivity index (χ1v) is 7.86. The highest BCUT2D eigenvalue weighted by Gasteiger charge is 2.50. The minimum atomic E-state index is -0.583. The average molecular weight is 297 g/mol. The number of hydrogen-bond acceptors (Lipinski definition) is 3. The smallest absolute Gasteiger partial charge is 0.312 e. The quantitative estimate of drug-likeness (QED) is 0.732. The molecule has 0 aliphatic carbocycles. The summed E-state index contributed by atoms with van der Waals surface area (Å²) in [5, 5.41) is 0. The highest BCUT2D eigenvalue weighted by molar-refractivity contribution is 5.78. The minimum Gasteiger partial charge on any atom is -0.463 e. The number of rotatable bonds is 5. The van der Waals surface area contributed by atoms with Gasteiger partial charge in [0.2, 0.25) is 5.91 Å². The molecule has 0 bridgehead atoms. The highest BCUT2D eigenvalue weighted by Crippen LogP contribution is 2.51. The second-order valence-electron chi connectivity index (χ2n) is 8.12. The summed E-state index contributed by atoms with van der Waals surface area (Å²) in [4.78, 5) is 25.8. The van der Waals surface area contributed by atoms with Gasteiger partial charge in [-0.3, -0.25) is 9.59 Å². The van der Waals surface area contributed by atoms with E-state index in [1.54, 1.807) is 4.90 Å². The molecule has 122 valence electrons. The van der Waals surface area contributed by atoms with Crippen molar-refractivity contribution in [3.63, 3.8) is 0 Å². The number of amides is 1. The van der Waals surface area contributed by atoms with Crippen LogP contribution in [0.15, 0.2) is 0 Å². The maximum Gasteiger partial charge on any atom is 0.312 e. The molecule has 1 saturated heterocycles. The molecule has 0 aromatic carbocycles. The Morgan fingerprint density at radius 2 is 1.71 bits per heavy atom. The van der Waals surface area contributed by atoms with E-state index in [0.717, 1.165) is 13.0 Å². The number of hydrogen-bond donors (Lipinski definition) is 0. The van der Waals surface area contributed by atoms with Crippen LogP contribution in [0.4, 0.5) is 0 Å². The van der Waals surface area contributed by atoms with E-state index in [4.69, 9.17) is 4.74 Å². The van der Waals surface area contributed by atoms with Gasteiger partial charge < -0.3 is 9.64 Å². The van der Waals surface area contributed by atoms with Gasteiger partial charge in [0.15, 0.2) is 0 Å². The topological polar surface area (TPSA) is 46.6 Å². The maximum atomic E-state index is 12.5. The number of likely N-dealkylation sites (tertiary alicyclic amines) is 1. The normalized spacial score (nSPS) is 17.3. The molecule has 1 heterocycles. The molecule has 0 atom stereocenters. The lowest BCUT2D eigenvalue weighted by atomic mass is 9.55. The fourth-order valence-electron chi connectivity index (χ4n) is 2.56. The number of nitrogens with zero attached hydrogens (tertiary/aromatic N) is 1. The molecular formula is C17H31NO3. The fraction of sp³-hybridized carbons (Fsp3) is 0.882. The van der Waals surface area contributed by atoms with Crippen LogP contribution in [-0.4, -0.2) is 36.5 Å². The minimum absolute atomic E-state index is 0.0135. The van der Waals surface area contributed by atoms with Crippen LogP contribution < -0.4 is 0 Å². The number of carbonyl (C=O) groups is 2. The van der Waals surface area contributed by atoms with Gasteiger partial charge in [0.1, 0.15) is 6.61 Å². The molecule has 1 aliphatic heterocycles. The Balaban J connectivity index is 2.59. The number of esters is 1. The molecule has 0 unspecified atom stereocenters. The van der Waals surface area contributed by atoms with Crippen LogP contribution in [0.2, 0.25) is 0 Å². The van der Waals surface area contributed by atoms with Crippen molar-refractivity contribution < 1.29 is 14.3 Å². The molecule has 0 aromatic heterocycles. The van der Waals surface area contributed by atoms with Crippen molar-refractivity contribution >= 4 is 11.9 Å². The summed E-state index contributed by atoms with van der Waals surface area (Å²) in [6.07, 6.45) is 1.53. The first kappa shape index (κ1) is 18.0. The van der Waals surface area contributed by atoms with E-state index in [1.807, 2.05) is 13.8 Å². The lowest BCUT2D eigenvalue weighted by Gasteiger charge is -2.48. The Kier molecular flexibility index (Phi) is 5.12. The number of ether oxygens (including phenoxy) is 1. The average Bonchev–Trinajstić information content (AvgIpc) is 2.73. The molecule has 1 rings (SSSR count). The molecule has 0 saturated carbocycles. The third kappa shape index (κ3) is 3.58. The summed E-state index contributed by atoms with van der Waals surface area (Å²) in [6.45, 7) is 16.1. The predicted molar refractivity (Wildman–Crippen MR) is 83.8 cm³/mol. The van der Waals surface area contributed by atoms with Crippen LogP contribution >= 0.6 is 0 Å². The lowest BCUT2D eigenvalue weighted by molar-refractivity contribution is -0.167. The summed E-state index contributed by atoms with van der Waals surface area (Å²) in [6, 6.07) is 0. The lowest BCUT2D eigenvalue weighted by Crippen LogP contribution is -2.48. The Labute approximate surface area is 129 Å². The van der Waals surface area contributed by atoms with Crippen molar-refractivity contribution in [2.75, 3.05) is 19.7 Å². The van der Waals surface area contributed by atoms with Crippen LogP contribution in [0.25, 0.3) is 0 Å². The van der Waals surface area contributed by atoms with Crippen LogP contribution in [0.1, 0.15) is 61.3 Å². The molecule has 1 aliphatic rings. The first-order valence-electron chi connectivity index (χ1n) is 7.86. The van der Waals surface area contributed by atoms with Gasteiger partial charge in [-0.1, -0.05) is 34.6 Å². The Hall–Kier alpha value is -1.06. The zero-order chi connectivity index (χ0) is 16.5. The molecule has 0 radical (unpaired) electrons. The molecule has 21 heavy (non-hydrogen) atoms. The Morgan fingerprint density at radius 1 is 1.14 bits per heavy atom. The molecular weight excluding hydrogens is 266 g/mol. The molecule has 1 fully saturated rings.